The van der Waals surface area contributed by atoms with Gasteiger partial charge < -0.3 is 14.4 Å². The van der Waals surface area contributed by atoms with Crippen LogP contribution in [0.3, 0.4) is 0 Å². The summed E-state index contributed by atoms with van der Waals surface area (Å²) in [7, 11) is 2.09. The second kappa shape index (κ2) is 3.73. The Hall–Kier alpha value is -0.120. The van der Waals surface area contributed by atoms with E-state index in [1.807, 2.05) is 13.8 Å². The maximum Gasteiger partial charge on any atom is 0.163 e. The van der Waals surface area contributed by atoms with Crippen LogP contribution in [0.2, 0.25) is 0 Å². The molecule has 0 aromatic heterocycles. The van der Waals surface area contributed by atoms with Gasteiger partial charge in [-0.15, -0.1) is 0 Å². The van der Waals surface area contributed by atoms with Crippen molar-refractivity contribution in [2.75, 3.05) is 26.7 Å². The molecule has 0 radical (unpaired) electrons. The summed E-state index contributed by atoms with van der Waals surface area (Å²) in [5.74, 6) is -0.376. The Kier molecular flexibility index (Phi) is 3.09. The van der Waals surface area contributed by atoms with E-state index in [1.165, 1.54) is 0 Å². The second-order valence-electron chi connectivity index (χ2n) is 3.81. The first-order valence-electron chi connectivity index (χ1n) is 4.54. The second-order valence-corrected chi connectivity index (χ2v) is 3.81. The van der Waals surface area contributed by atoms with Gasteiger partial charge in [-0.3, -0.25) is 0 Å². The summed E-state index contributed by atoms with van der Waals surface area (Å²) in [4.78, 5) is 2.23. The molecule has 0 aromatic carbocycles. The van der Waals surface area contributed by atoms with Gasteiger partial charge in [-0.05, 0) is 27.4 Å². The smallest absolute Gasteiger partial charge is 0.163 e. The minimum atomic E-state index is -0.376. The predicted octanol–water partition coefficient (Wildman–Crippen LogP) is 1.09. The van der Waals surface area contributed by atoms with Gasteiger partial charge in [0.05, 0.1) is 12.7 Å². The lowest BCUT2D eigenvalue weighted by atomic mass is 10.3. The van der Waals surface area contributed by atoms with Crippen molar-refractivity contribution in [3.8, 4) is 0 Å². The highest BCUT2D eigenvalue weighted by atomic mass is 16.7. The van der Waals surface area contributed by atoms with Crippen LogP contribution in [-0.4, -0.2) is 43.5 Å². The quantitative estimate of drug-likeness (QED) is 0.637. The molecular formula is C9H19NO2. The van der Waals surface area contributed by atoms with E-state index in [1.54, 1.807) is 0 Å². The van der Waals surface area contributed by atoms with E-state index in [-0.39, 0.29) is 11.9 Å². The van der Waals surface area contributed by atoms with Crippen molar-refractivity contribution < 1.29 is 9.47 Å². The summed E-state index contributed by atoms with van der Waals surface area (Å²) in [6.45, 7) is 8.79. The first-order valence-corrected chi connectivity index (χ1v) is 4.54. The molecule has 1 heterocycles. The van der Waals surface area contributed by atoms with E-state index in [0.29, 0.717) is 0 Å². The molecule has 1 aliphatic rings. The van der Waals surface area contributed by atoms with Crippen LogP contribution in [0, 0.1) is 0 Å². The van der Waals surface area contributed by atoms with Crippen LogP contribution in [0.25, 0.3) is 0 Å². The molecular weight excluding hydrogens is 154 g/mol. The topological polar surface area (TPSA) is 21.7 Å². The summed E-state index contributed by atoms with van der Waals surface area (Å²) in [6, 6.07) is 0. The van der Waals surface area contributed by atoms with E-state index in [0.717, 1.165) is 19.7 Å². The Labute approximate surface area is 74.6 Å². The standard InChI is InChI=1S/C9H19NO2/c1-5-10(4)6-8-7-11-9(2,3)12-8/h8H,5-7H2,1-4H3/t8-/m1/s1. The molecule has 1 saturated heterocycles. The lowest BCUT2D eigenvalue weighted by Crippen LogP contribution is -2.31. The highest BCUT2D eigenvalue weighted by Gasteiger charge is 2.32. The average Bonchev–Trinajstić information content (AvgIpc) is 2.30. The van der Waals surface area contributed by atoms with Crippen molar-refractivity contribution in [2.24, 2.45) is 0 Å². The fourth-order valence-corrected chi connectivity index (χ4v) is 1.33. The summed E-state index contributed by atoms with van der Waals surface area (Å²) in [6.07, 6.45) is 0.241. The van der Waals surface area contributed by atoms with Crippen molar-refractivity contribution in [1.29, 1.82) is 0 Å². The molecule has 0 spiro atoms. The van der Waals surface area contributed by atoms with Gasteiger partial charge in [0.2, 0.25) is 0 Å². The largest absolute Gasteiger partial charge is 0.348 e. The van der Waals surface area contributed by atoms with E-state index in [2.05, 4.69) is 18.9 Å². The number of hydrogen-bond donors (Lipinski definition) is 0. The molecule has 0 aliphatic carbocycles. The van der Waals surface area contributed by atoms with Gasteiger partial charge in [0.25, 0.3) is 0 Å². The monoisotopic (exact) mass is 173 g/mol. The van der Waals surface area contributed by atoms with Gasteiger partial charge in [-0.2, -0.15) is 0 Å². The van der Waals surface area contributed by atoms with Gasteiger partial charge in [0.15, 0.2) is 5.79 Å². The van der Waals surface area contributed by atoms with Crippen LogP contribution in [0.5, 0.6) is 0 Å². The lowest BCUT2D eigenvalue weighted by Gasteiger charge is -2.20. The average molecular weight is 173 g/mol. The number of hydrogen-bond acceptors (Lipinski definition) is 3. The normalized spacial score (nSPS) is 28.2. The minimum absolute atomic E-state index is 0.241. The van der Waals surface area contributed by atoms with Gasteiger partial charge in [-0.25, -0.2) is 0 Å². The first kappa shape index (κ1) is 9.96. The molecule has 1 aliphatic heterocycles. The Morgan fingerprint density at radius 2 is 2.17 bits per heavy atom. The van der Waals surface area contributed by atoms with Crippen molar-refractivity contribution in [3.05, 3.63) is 0 Å². The highest BCUT2D eigenvalue weighted by molar-refractivity contribution is 4.72. The molecule has 0 bridgehead atoms. The summed E-state index contributed by atoms with van der Waals surface area (Å²) in [5.41, 5.74) is 0. The number of ether oxygens (including phenoxy) is 2. The van der Waals surface area contributed by atoms with Crippen LogP contribution < -0.4 is 0 Å². The molecule has 3 nitrogen and oxygen atoms in total. The molecule has 0 amide bonds. The molecule has 0 unspecified atom stereocenters. The first-order chi connectivity index (χ1) is 5.53. The maximum absolute atomic E-state index is 5.66. The van der Waals surface area contributed by atoms with Gasteiger partial charge in [0.1, 0.15) is 0 Å². The van der Waals surface area contributed by atoms with Gasteiger partial charge in [-0.1, -0.05) is 6.92 Å². The van der Waals surface area contributed by atoms with Crippen LogP contribution >= 0.6 is 0 Å². The van der Waals surface area contributed by atoms with Crippen molar-refractivity contribution in [1.82, 2.24) is 4.90 Å². The molecule has 12 heavy (non-hydrogen) atoms. The zero-order valence-corrected chi connectivity index (χ0v) is 8.46. The van der Waals surface area contributed by atoms with E-state index in [9.17, 15) is 0 Å². The van der Waals surface area contributed by atoms with E-state index >= 15 is 0 Å². The third kappa shape index (κ3) is 2.73. The molecule has 0 saturated carbocycles. The zero-order valence-electron chi connectivity index (χ0n) is 8.46. The molecule has 1 atom stereocenters. The Bertz CT molecular complexity index is 147. The molecule has 1 fully saturated rings. The summed E-state index contributed by atoms with van der Waals surface area (Å²) in [5, 5.41) is 0. The van der Waals surface area contributed by atoms with Crippen LogP contribution in [0.1, 0.15) is 20.8 Å². The molecule has 72 valence electrons. The predicted molar refractivity (Wildman–Crippen MR) is 48.1 cm³/mol. The third-order valence-corrected chi connectivity index (χ3v) is 2.12. The van der Waals surface area contributed by atoms with Crippen LogP contribution in [-0.2, 0) is 9.47 Å². The van der Waals surface area contributed by atoms with Gasteiger partial charge >= 0.3 is 0 Å². The Morgan fingerprint density at radius 3 is 2.58 bits per heavy atom. The summed E-state index contributed by atoms with van der Waals surface area (Å²) < 4.78 is 11.1. The van der Waals surface area contributed by atoms with Gasteiger partial charge in [0, 0.05) is 6.54 Å². The Morgan fingerprint density at radius 1 is 1.50 bits per heavy atom. The van der Waals surface area contributed by atoms with E-state index in [4.69, 9.17) is 9.47 Å². The number of likely N-dealkylation sites (N-methyl/N-ethyl adjacent to an activating group) is 1. The Balaban J connectivity index is 2.28. The fourth-order valence-electron chi connectivity index (χ4n) is 1.33. The maximum atomic E-state index is 5.66. The minimum Gasteiger partial charge on any atom is -0.348 e. The fraction of sp³-hybridized carbons (Fsp3) is 1.00. The molecule has 1 rings (SSSR count). The van der Waals surface area contributed by atoms with E-state index < -0.39 is 0 Å². The number of rotatable bonds is 3. The van der Waals surface area contributed by atoms with Crippen LogP contribution in [0.15, 0.2) is 0 Å². The summed E-state index contributed by atoms with van der Waals surface area (Å²) >= 11 is 0. The third-order valence-electron chi connectivity index (χ3n) is 2.12. The molecule has 0 N–H and O–H groups in total. The lowest BCUT2D eigenvalue weighted by molar-refractivity contribution is -0.139. The highest BCUT2D eigenvalue weighted by Crippen LogP contribution is 2.22. The van der Waals surface area contributed by atoms with Crippen LogP contribution in [0.4, 0.5) is 0 Å². The van der Waals surface area contributed by atoms with Crippen molar-refractivity contribution in [3.63, 3.8) is 0 Å². The molecule has 3 heteroatoms. The molecule has 0 aromatic rings. The SMILES string of the molecule is CCN(C)C[C@@H]1COC(C)(C)O1. The number of nitrogens with zero attached hydrogens (tertiary/aromatic N) is 1. The van der Waals surface area contributed by atoms with Crippen molar-refractivity contribution in [2.45, 2.75) is 32.7 Å². The van der Waals surface area contributed by atoms with Crippen molar-refractivity contribution >= 4 is 0 Å². The zero-order chi connectivity index (χ0) is 9.19.